The van der Waals surface area contributed by atoms with Crippen LogP contribution in [-0.2, 0) is 4.74 Å². The molecule has 0 bridgehead atoms. The highest BCUT2D eigenvalue weighted by Crippen LogP contribution is 2.19. The quantitative estimate of drug-likeness (QED) is 0.779. The van der Waals surface area contributed by atoms with Crippen molar-refractivity contribution in [3.05, 3.63) is 24.3 Å². The lowest BCUT2D eigenvalue weighted by Gasteiger charge is -2.24. The molecule has 0 radical (unpaired) electrons. The minimum atomic E-state index is 0.395. The maximum absolute atomic E-state index is 5.63. The smallest absolute Gasteiger partial charge is 0.0748 e. The number of nitrogens with one attached hydrogen (secondary N) is 1. The molecule has 1 N–H and O–H groups in total. The number of hydrogen-bond donors (Lipinski definition) is 1. The summed E-state index contributed by atoms with van der Waals surface area (Å²) in [6, 6.07) is 8.82. The molecular weight excluding hydrogens is 248 g/mol. The second kappa shape index (κ2) is 8.15. The SMILES string of the molecule is CCCN(CCC)c1ccc(NCC2CCCO2)cc1. The Morgan fingerprint density at radius 2 is 1.85 bits per heavy atom. The Hall–Kier alpha value is -1.22. The number of hydrogen-bond acceptors (Lipinski definition) is 3. The number of anilines is 2. The molecule has 0 amide bonds. The minimum Gasteiger partial charge on any atom is -0.382 e. The van der Waals surface area contributed by atoms with Gasteiger partial charge in [0.25, 0.3) is 0 Å². The molecule has 1 atom stereocenters. The van der Waals surface area contributed by atoms with Crippen molar-refractivity contribution < 1.29 is 4.74 Å². The minimum absolute atomic E-state index is 0.395. The van der Waals surface area contributed by atoms with Gasteiger partial charge in [0.2, 0.25) is 0 Å². The Balaban J connectivity index is 1.87. The fourth-order valence-electron chi connectivity index (χ4n) is 2.74. The van der Waals surface area contributed by atoms with E-state index in [1.54, 1.807) is 0 Å². The lowest BCUT2D eigenvalue weighted by atomic mass is 10.2. The van der Waals surface area contributed by atoms with Crippen molar-refractivity contribution in [3.63, 3.8) is 0 Å². The molecule has 1 heterocycles. The first-order valence-electron chi connectivity index (χ1n) is 8.04. The molecule has 112 valence electrons. The molecule has 0 aromatic heterocycles. The van der Waals surface area contributed by atoms with E-state index in [0.717, 1.165) is 26.2 Å². The van der Waals surface area contributed by atoms with Crippen LogP contribution in [0.1, 0.15) is 39.5 Å². The molecule has 1 aliphatic heterocycles. The van der Waals surface area contributed by atoms with Gasteiger partial charge >= 0.3 is 0 Å². The zero-order valence-corrected chi connectivity index (χ0v) is 12.9. The Labute approximate surface area is 123 Å². The van der Waals surface area contributed by atoms with Crippen LogP contribution in [-0.4, -0.2) is 32.3 Å². The molecule has 1 saturated heterocycles. The van der Waals surface area contributed by atoms with Crippen molar-refractivity contribution in [1.82, 2.24) is 0 Å². The van der Waals surface area contributed by atoms with E-state index in [2.05, 4.69) is 48.3 Å². The van der Waals surface area contributed by atoms with Crippen LogP contribution in [0.4, 0.5) is 11.4 Å². The van der Waals surface area contributed by atoms with Gasteiger partial charge in [-0.2, -0.15) is 0 Å². The van der Waals surface area contributed by atoms with E-state index in [-0.39, 0.29) is 0 Å². The van der Waals surface area contributed by atoms with Crippen molar-refractivity contribution in [3.8, 4) is 0 Å². The maximum Gasteiger partial charge on any atom is 0.0748 e. The van der Waals surface area contributed by atoms with Crippen molar-refractivity contribution in [2.24, 2.45) is 0 Å². The van der Waals surface area contributed by atoms with Crippen LogP contribution in [0.3, 0.4) is 0 Å². The highest BCUT2D eigenvalue weighted by atomic mass is 16.5. The third kappa shape index (κ3) is 4.41. The predicted molar refractivity (Wildman–Crippen MR) is 86.7 cm³/mol. The summed E-state index contributed by atoms with van der Waals surface area (Å²) >= 11 is 0. The predicted octanol–water partition coefficient (Wildman–Crippen LogP) is 3.90. The molecule has 2 rings (SSSR count). The first-order chi connectivity index (χ1) is 9.83. The van der Waals surface area contributed by atoms with Gasteiger partial charge in [-0.3, -0.25) is 0 Å². The molecule has 0 spiro atoms. The van der Waals surface area contributed by atoms with E-state index < -0.39 is 0 Å². The van der Waals surface area contributed by atoms with Crippen LogP contribution in [0.15, 0.2) is 24.3 Å². The molecular formula is C17H28N2O. The van der Waals surface area contributed by atoms with E-state index in [0.29, 0.717) is 6.10 Å². The number of nitrogens with zero attached hydrogens (tertiary/aromatic N) is 1. The van der Waals surface area contributed by atoms with Crippen LogP contribution in [0.2, 0.25) is 0 Å². The van der Waals surface area contributed by atoms with Crippen molar-refractivity contribution in [1.29, 1.82) is 0 Å². The summed E-state index contributed by atoms with van der Waals surface area (Å²) in [6.07, 6.45) is 5.17. The highest BCUT2D eigenvalue weighted by molar-refractivity contribution is 5.55. The summed E-state index contributed by atoms with van der Waals surface area (Å²) in [7, 11) is 0. The van der Waals surface area contributed by atoms with Gasteiger partial charge in [-0.05, 0) is 49.9 Å². The third-order valence-corrected chi connectivity index (χ3v) is 3.78. The number of benzene rings is 1. The van der Waals surface area contributed by atoms with Gasteiger partial charge in [0.1, 0.15) is 0 Å². The average Bonchev–Trinajstić information content (AvgIpc) is 2.99. The molecule has 1 unspecified atom stereocenters. The second-order valence-corrected chi connectivity index (χ2v) is 5.55. The molecule has 3 nitrogen and oxygen atoms in total. The topological polar surface area (TPSA) is 24.5 Å². The Kier molecular flexibility index (Phi) is 6.19. The summed E-state index contributed by atoms with van der Waals surface area (Å²) in [5.41, 5.74) is 2.52. The Bertz CT molecular complexity index is 365. The van der Waals surface area contributed by atoms with Crippen LogP contribution in [0.5, 0.6) is 0 Å². The molecule has 0 aliphatic carbocycles. The number of ether oxygens (including phenoxy) is 1. The zero-order chi connectivity index (χ0) is 14.2. The molecule has 1 fully saturated rings. The van der Waals surface area contributed by atoms with Crippen LogP contribution in [0.25, 0.3) is 0 Å². The van der Waals surface area contributed by atoms with Crippen LogP contribution in [0, 0.1) is 0 Å². The molecule has 1 aliphatic rings. The van der Waals surface area contributed by atoms with Crippen molar-refractivity contribution in [2.45, 2.75) is 45.6 Å². The van der Waals surface area contributed by atoms with Gasteiger partial charge in [0, 0.05) is 37.6 Å². The van der Waals surface area contributed by atoms with Crippen molar-refractivity contribution in [2.75, 3.05) is 36.5 Å². The average molecular weight is 276 g/mol. The summed E-state index contributed by atoms with van der Waals surface area (Å²) in [4.78, 5) is 2.46. The largest absolute Gasteiger partial charge is 0.382 e. The fourth-order valence-corrected chi connectivity index (χ4v) is 2.74. The lowest BCUT2D eigenvalue weighted by Crippen LogP contribution is -2.24. The third-order valence-electron chi connectivity index (χ3n) is 3.78. The molecule has 1 aromatic carbocycles. The molecule has 1 aromatic rings. The van der Waals surface area contributed by atoms with Gasteiger partial charge in [0.05, 0.1) is 6.10 Å². The van der Waals surface area contributed by atoms with Gasteiger partial charge in [0.15, 0.2) is 0 Å². The maximum atomic E-state index is 5.63. The Morgan fingerprint density at radius 1 is 1.15 bits per heavy atom. The fraction of sp³-hybridized carbons (Fsp3) is 0.647. The van der Waals surface area contributed by atoms with Crippen LogP contribution < -0.4 is 10.2 Å². The van der Waals surface area contributed by atoms with E-state index >= 15 is 0 Å². The van der Waals surface area contributed by atoms with E-state index in [1.807, 2.05) is 0 Å². The Morgan fingerprint density at radius 3 is 2.40 bits per heavy atom. The first kappa shape index (κ1) is 15.2. The second-order valence-electron chi connectivity index (χ2n) is 5.55. The van der Waals surface area contributed by atoms with Gasteiger partial charge in [-0.1, -0.05) is 13.8 Å². The normalized spacial score (nSPS) is 18.2. The summed E-state index contributed by atoms with van der Waals surface area (Å²) < 4.78 is 5.63. The highest BCUT2D eigenvalue weighted by Gasteiger charge is 2.14. The number of rotatable bonds is 8. The first-order valence-corrected chi connectivity index (χ1v) is 8.04. The monoisotopic (exact) mass is 276 g/mol. The summed E-state index contributed by atoms with van der Waals surface area (Å²) in [6.45, 7) is 8.59. The van der Waals surface area contributed by atoms with Gasteiger partial charge in [-0.15, -0.1) is 0 Å². The van der Waals surface area contributed by atoms with E-state index in [9.17, 15) is 0 Å². The van der Waals surface area contributed by atoms with E-state index in [4.69, 9.17) is 4.74 Å². The molecule has 0 saturated carbocycles. The van der Waals surface area contributed by atoms with Crippen molar-refractivity contribution >= 4 is 11.4 Å². The summed E-state index contributed by atoms with van der Waals surface area (Å²) in [5.74, 6) is 0. The standard InChI is InChI=1S/C17H28N2O/c1-3-11-19(12-4-2)16-9-7-15(8-10-16)18-14-17-6-5-13-20-17/h7-10,17-18H,3-6,11-14H2,1-2H3. The van der Waals surface area contributed by atoms with E-state index in [1.165, 1.54) is 37.1 Å². The summed E-state index contributed by atoms with van der Waals surface area (Å²) in [5, 5.41) is 3.47. The molecule has 3 heteroatoms. The van der Waals surface area contributed by atoms with Crippen LogP contribution >= 0.6 is 0 Å². The zero-order valence-electron chi connectivity index (χ0n) is 12.9. The van der Waals surface area contributed by atoms with Gasteiger partial charge < -0.3 is 15.0 Å². The molecule has 20 heavy (non-hydrogen) atoms. The lowest BCUT2D eigenvalue weighted by molar-refractivity contribution is 0.120. The van der Waals surface area contributed by atoms with Gasteiger partial charge in [-0.25, -0.2) is 0 Å².